The smallest absolute Gasteiger partial charge is 0.435 e. The van der Waals surface area contributed by atoms with Crippen LogP contribution in [0.5, 0.6) is 0 Å². The van der Waals surface area contributed by atoms with Crippen molar-refractivity contribution < 1.29 is 19.1 Å². The van der Waals surface area contributed by atoms with E-state index in [2.05, 4.69) is 0 Å². The van der Waals surface area contributed by atoms with Crippen molar-refractivity contribution in [3.8, 4) is 0 Å². The largest absolute Gasteiger partial charge is 0.510 e. The van der Waals surface area contributed by atoms with Gasteiger partial charge in [-0.3, -0.25) is 4.79 Å². The number of hydrogen-bond donors (Lipinski definition) is 0. The molecule has 1 aromatic rings. The van der Waals surface area contributed by atoms with Gasteiger partial charge in [-0.05, 0) is 37.5 Å². The summed E-state index contributed by atoms with van der Waals surface area (Å²) >= 11 is 12.3. The Hall–Kier alpha value is -1.46. The second-order valence-electron chi connectivity index (χ2n) is 5.78. The van der Waals surface area contributed by atoms with Crippen molar-refractivity contribution in [2.24, 2.45) is 5.92 Å². The monoisotopic (exact) mass is 373 g/mol. The molecular weight excluding hydrogens is 353 g/mol. The summed E-state index contributed by atoms with van der Waals surface area (Å²) in [6.45, 7) is 4.40. The number of rotatable bonds is 4. The molecule has 132 valence electrons. The van der Waals surface area contributed by atoms with E-state index >= 15 is 0 Å². The van der Waals surface area contributed by atoms with E-state index in [0.29, 0.717) is 22.2 Å². The molecule has 1 aromatic carbocycles. The lowest BCUT2D eigenvalue weighted by atomic mass is 9.97. The molecule has 0 spiro atoms. The summed E-state index contributed by atoms with van der Waals surface area (Å²) in [7, 11) is 0. The number of benzene rings is 1. The highest BCUT2D eigenvalue weighted by molar-refractivity contribution is 6.36. The first kappa shape index (κ1) is 18.9. The maximum Gasteiger partial charge on any atom is 0.510 e. The Morgan fingerprint density at radius 1 is 1.29 bits per heavy atom. The Morgan fingerprint density at radius 2 is 1.96 bits per heavy atom. The molecule has 2 rings (SSSR count). The van der Waals surface area contributed by atoms with Gasteiger partial charge in [0.15, 0.2) is 6.23 Å². The van der Waals surface area contributed by atoms with Crippen LogP contribution in [0.25, 0.3) is 0 Å². The number of carbonyl (C=O) groups excluding carboxylic acids is 2. The fraction of sp³-hybridized carbons (Fsp3) is 0.529. The minimum Gasteiger partial charge on any atom is -0.435 e. The molecule has 1 amide bonds. The Kier molecular flexibility index (Phi) is 6.75. The van der Waals surface area contributed by atoms with Gasteiger partial charge in [0.05, 0.1) is 13.0 Å². The highest BCUT2D eigenvalue weighted by Crippen LogP contribution is 2.28. The van der Waals surface area contributed by atoms with Gasteiger partial charge in [-0.15, -0.1) is 0 Å². The van der Waals surface area contributed by atoms with Gasteiger partial charge in [0.25, 0.3) is 0 Å². The first-order valence-corrected chi connectivity index (χ1v) is 8.75. The third-order valence-corrected chi connectivity index (χ3v) is 4.75. The first-order valence-electron chi connectivity index (χ1n) is 7.99. The van der Waals surface area contributed by atoms with Crippen molar-refractivity contribution in [1.29, 1.82) is 0 Å². The van der Waals surface area contributed by atoms with Gasteiger partial charge in [-0.2, -0.15) is 0 Å². The number of nitrogens with zero attached hydrogens (tertiary/aromatic N) is 1. The second kappa shape index (κ2) is 8.58. The highest BCUT2D eigenvalue weighted by atomic mass is 35.5. The summed E-state index contributed by atoms with van der Waals surface area (Å²) in [5.74, 6) is -0.139. The summed E-state index contributed by atoms with van der Waals surface area (Å²) in [6.07, 6.45) is 0.400. The molecule has 0 aliphatic carbocycles. The van der Waals surface area contributed by atoms with E-state index in [9.17, 15) is 9.59 Å². The van der Waals surface area contributed by atoms with E-state index in [0.717, 1.165) is 12.8 Å². The molecule has 1 heterocycles. The molecule has 5 nitrogen and oxygen atoms in total. The highest BCUT2D eigenvalue weighted by Gasteiger charge is 2.35. The summed E-state index contributed by atoms with van der Waals surface area (Å²) < 4.78 is 10.2. The van der Waals surface area contributed by atoms with Crippen molar-refractivity contribution in [3.63, 3.8) is 0 Å². The molecule has 1 fully saturated rings. The molecule has 7 heteroatoms. The number of likely N-dealkylation sites (tertiary alicyclic amines) is 1. The maximum absolute atomic E-state index is 12.7. The maximum atomic E-state index is 12.7. The lowest BCUT2D eigenvalue weighted by Crippen LogP contribution is -2.50. The molecule has 0 saturated carbocycles. The van der Waals surface area contributed by atoms with Gasteiger partial charge < -0.3 is 14.4 Å². The zero-order valence-corrected chi connectivity index (χ0v) is 15.3. The van der Waals surface area contributed by atoms with Gasteiger partial charge in [-0.25, -0.2) is 4.79 Å². The minimum absolute atomic E-state index is 0.0359. The standard InChI is InChI=1S/C17H21Cl2NO4/c1-3-23-17(22)24-16-11(2)6-5-9-20(16)15(21)10-12-13(18)7-4-8-14(12)19/h4,7-8,11,16H,3,5-6,9-10H2,1-2H3. The van der Waals surface area contributed by atoms with Crippen LogP contribution in [-0.4, -0.2) is 36.3 Å². The molecule has 1 aliphatic rings. The van der Waals surface area contributed by atoms with Crippen molar-refractivity contribution in [2.45, 2.75) is 39.3 Å². The number of halogens is 2. The van der Waals surface area contributed by atoms with Gasteiger partial charge in [-0.1, -0.05) is 36.2 Å². The van der Waals surface area contributed by atoms with Crippen molar-refractivity contribution in [3.05, 3.63) is 33.8 Å². The third kappa shape index (κ3) is 4.54. The van der Waals surface area contributed by atoms with Crippen LogP contribution in [0.4, 0.5) is 4.79 Å². The Morgan fingerprint density at radius 3 is 2.58 bits per heavy atom. The molecule has 24 heavy (non-hydrogen) atoms. The van der Waals surface area contributed by atoms with Crippen LogP contribution < -0.4 is 0 Å². The fourth-order valence-corrected chi connectivity index (χ4v) is 3.34. The Balaban J connectivity index is 2.14. The summed E-state index contributed by atoms with van der Waals surface area (Å²) in [4.78, 5) is 26.0. The molecule has 1 saturated heterocycles. The van der Waals surface area contributed by atoms with Crippen LogP contribution in [0.3, 0.4) is 0 Å². The van der Waals surface area contributed by atoms with Crippen LogP contribution in [-0.2, 0) is 20.7 Å². The van der Waals surface area contributed by atoms with Crippen molar-refractivity contribution >= 4 is 35.3 Å². The van der Waals surface area contributed by atoms with Crippen LogP contribution in [0.2, 0.25) is 10.0 Å². The molecule has 0 aromatic heterocycles. The van der Waals surface area contributed by atoms with Gasteiger partial charge in [0, 0.05) is 22.5 Å². The first-order chi connectivity index (χ1) is 11.4. The van der Waals surface area contributed by atoms with E-state index in [-0.39, 0.29) is 24.9 Å². The van der Waals surface area contributed by atoms with Crippen LogP contribution >= 0.6 is 23.2 Å². The van der Waals surface area contributed by atoms with E-state index in [4.69, 9.17) is 32.7 Å². The SMILES string of the molecule is CCOC(=O)OC1C(C)CCCN1C(=O)Cc1c(Cl)cccc1Cl. The van der Waals surface area contributed by atoms with Gasteiger partial charge in [0.2, 0.25) is 5.91 Å². The predicted octanol–water partition coefficient (Wildman–Crippen LogP) is 4.29. The van der Waals surface area contributed by atoms with E-state index < -0.39 is 12.4 Å². The van der Waals surface area contributed by atoms with E-state index in [1.807, 2.05) is 6.92 Å². The predicted molar refractivity (Wildman–Crippen MR) is 92.2 cm³/mol. The molecule has 0 radical (unpaired) electrons. The van der Waals surface area contributed by atoms with Crippen molar-refractivity contribution in [1.82, 2.24) is 4.90 Å². The average Bonchev–Trinajstić information content (AvgIpc) is 2.53. The molecule has 2 unspecified atom stereocenters. The van der Waals surface area contributed by atoms with E-state index in [1.165, 1.54) is 0 Å². The molecule has 0 bridgehead atoms. The minimum atomic E-state index is -0.759. The normalized spacial score (nSPS) is 20.6. The molecular formula is C17H21Cl2NO4. The number of hydrogen-bond acceptors (Lipinski definition) is 4. The zero-order valence-electron chi connectivity index (χ0n) is 13.8. The fourth-order valence-electron chi connectivity index (χ4n) is 2.81. The molecule has 0 N–H and O–H groups in total. The van der Waals surface area contributed by atoms with Crippen LogP contribution in [0.15, 0.2) is 18.2 Å². The van der Waals surface area contributed by atoms with Crippen molar-refractivity contribution in [2.75, 3.05) is 13.2 Å². The number of amides is 1. The lowest BCUT2D eigenvalue weighted by molar-refractivity contribution is -0.151. The van der Waals surface area contributed by atoms with Gasteiger partial charge in [0.1, 0.15) is 0 Å². The lowest BCUT2D eigenvalue weighted by Gasteiger charge is -2.38. The number of piperidine rings is 1. The van der Waals surface area contributed by atoms with Crippen LogP contribution in [0.1, 0.15) is 32.3 Å². The molecule has 2 atom stereocenters. The quantitative estimate of drug-likeness (QED) is 0.738. The topological polar surface area (TPSA) is 55.8 Å². The second-order valence-corrected chi connectivity index (χ2v) is 6.59. The zero-order chi connectivity index (χ0) is 17.7. The van der Waals surface area contributed by atoms with E-state index in [1.54, 1.807) is 30.0 Å². The number of carbonyl (C=O) groups is 2. The Labute approximate surface area is 151 Å². The summed E-state index contributed by atoms with van der Waals surface area (Å²) in [5.41, 5.74) is 0.582. The Bertz CT molecular complexity index is 588. The molecule has 1 aliphatic heterocycles. The third-order valence-electron chi connectivity index (χ3n) is 4.04. The summed E-state index contributed by atoms with van der Waals surface area (Å²) in [6, 6.07) is 5.12. The average molecular weight is 374 g/mol. The number of ether oxygens (including phenoxy) is 2. The summed E-state index contributed by atoms with van der Waals surface area (Å²) in [5, 5.41) is 0.896. The van der Waals surface area contributed by atoms with Crippen LogP contribution in [0, 0.1) is 5.92 Å². The van der Waals surface area contributed by atoms with Gasteiger partial charge >= 0.3 is 6.16 Å².